The van der Waals surface area contributed by atoms with Crippen LogP contribution in [0.15, 0.2) is 47.6 Å². The maximum Gasteiger partial charge on any atom is 0.170 e. The van der Waals surface area contributed by atoms with E-state index >= 15 is 0 Å². The summed E-state index contributed by atoms with van der Waals surface area (Å²) in [5, 5.41) is 12.2. The van der Waals surface area contributed by atoms with E-state index in [-0.39, 0.29) is 5.84 Å². The Balaban J connectivity index is 2.37. The highest BCUT2D eigenvalue weighted by Crippen LogP contribution is 2.32. The number of nitrogens with two attached hydrogens (primary N) is 1. The molecule has 21 heavy (non-hydrogen) atoms. The summed E-state index contributed by atoms with van der Waals surface area (Å²) in [4.78, 5) is 1.93. The first-order chi connectivity index (χ1) is 10.1. The Morgan fingerprint density at radius 3 is 2.67 bits per heavy atom. The van der Waals surface area contributed by atoms with Crippen LogP contribution in [0, 0.1) is 0 Å². The molecule has 2 aromatic carbocycles. The van der Waals surface area contributed by atoms with Crippen molar-refractivity contribution in [3.63, 3.8) is 0 Å². The molecule has 0 amide bonds. The van der Waals surface area contributed by atoms with Gasteiger partial charge in [-0.3, -0.25) is 0 Å². The van der Waals surface area contributed by atoms with Crippen LogP contribution < -0.4 is 15.4 Å². The molecule has 3 N–H and O–H groups in total. The van der Waals surface area contributed by atoms with Gasteiger partial charge in [-0.1, -0.05) is 22.8 Å². The molecule has 0 heterocycles. The number of rotatable bonds is 4. The van der Waals surface area contributed by atoms with Gasteiger partial charge in [0.25, 0.3) is 0 Å². The summed E-state index contributed by atoms with van der Waals surface area (Å²) in [7, 11) is 3.52. The van der Waals surface area contributed by atoms with Gasteiger partial charge in [-0.15, -0.1) is 0 Å². The van der Waals surface area contributed by atoms with Gasteiger partial charge in [0.1, 0.15) is 5.75 Å². The lowest BCUT2D eigenvalue weighted by molar-refractivity contribution is 0.318. The molecule has 0 aliphatic carbocycles. The van der Waals surface area contributed by atoms with E-state index in [4.69, 9.17) is 27.3 Å². The number of hydrogen-bond acceptors (Lipinski definition) is 4. The van der Waals surface area contributed by atoms with Crippen molar-refractivity contribution in [2.24, 2.45) is 10.9 Å². The molecule has 0 fully saturated rings. The summed E-state index contributed by atoms with van der Waals surface area (Å²) in [6.45, 7) is 0. The topological polar surface area (TPSA) is 71.1 Å². The van der Waals surface area contributed by atoms with Crippen molar-refractivity contribution in [1.82, 2.24) is 0 Å². The fourth-order valence-corrected chi connectivity index (χ4v) is 2.26. The Kier molecular flexibility index (Phi) is 4.55. The lowest BCUT2D eigenvalue weighted by atomic mass is 10.1. The standard InChI is InChI=1S/C15H16ClN3O2/c1-19(11-4-3-5-12(9-11)21-2)14-7-6-10(8-13(14)16)15(17)18-20/h3-9,20H,1-2H3,(H2,17,18). The molecular formula is C15H16ClN3O2. The second kappa shape index (κ2) is 6.37. The summed E-state index contributed by atoms with van der Waals surface area (Å²) in [6.07, 6.45) is 0. The first kappa shape index (κ1) is 15.0. The Hall–Kier alpha value is -2.40. The van der Waals surface area contributed by atoms with Gasteiger partial charge in [0.15, 0.2) is 5.84 Å². The number of nitrogens with zero attached hydrogens (tertiary/aromatic N) is 2. The molecule has 2 rings (SSSR count). The van der Waals surface area contributed by atoms with E-state index in [1.54, 1.807) is 19.2 Å². The fraction of sp³-hybridized carbons (Fsp3) is 0.133. The number of methoxy groups -OCH3 is 1. The van der Waals surface area contributed by atoms with Crippen molar-refractivity contribution < 1.29 is 9.94 Å². The van der Waals surface area contributed by atoms with Crippen LogP contribution in [0.1, 0.15) is 5.56 Å². The molecule has 0 spiro atoms. The molecule has 2 aromatic rings. The van der Waals surface area contributed by atoms with Crippen molar-refractivity contribution in [3.05, 3.63) is 53.1 Å². The van der Waals surface area contributed by atoms with Crippen LogP contribution in [0.5, 0.6) is 5.75 Å². The molecule has 0 saturated carbocycles. The SMILES string of the molecule is COc1cccc(N(C)c2ccc(C(N)=NO)cc2Cl)c1. The molecule has 0 aliphatic heterocycles. The number of amidine groups is 1. The molecule has 0 aliphatic rings. The Labute approximate surface area is 128 Å². The van der Waals surface area contributed by atoms with Gasteiger partial charge in [-0.25, -0.2) is 0 Å². The first-order valence-electron chi connectivity index (χ1n) is 6.22. The number of hydrogen-bond donors (Lipinski definition) is 2. The van der Waals surface area contributed by atoms with E-state index in [1.165, 1.54) is 0 Å². The van der Waals surface area contributed by atoms with Crippen molar-refractivity contribution in [2.45, 2.75) is 0 Å². The first-order valence-corrected chi connectivity index (χ1v) is 6.60. The van der Waals surface area contributed by atoms with Crippen LogP contribution in [0.2, 0.25) is 5.02 Å². The molecular weight excluding hydrogens is 290 g/mol. The van der Waals surface area contributed by atoms with E-state index in [0.717, 1.165) is 17.1 Å². The lowest BCUT2D eigenvalue weighted by Gasteiger charge is -2.21. The quantitative estimate of drug-likeness (QED) is 0.394. The van der Waals surface area contributed by atoms with Crippen LogP contribution in [-0.2, 0) is 0 Å². The van der Waals surface area contributed by atoms with E-state index < -0.39 is 0 Å². The predicted molar refractivity (Wildman–Crippen MR) is 85.0 cm³/mol. The molecule has 5 nitrogen and oxygen atoms in total. The van der Waals surface area contributed by atoms with E-state index in [9.17, 15) is 0 Å². The highest BCUT2D eigenvalue weighted by molar-refractivity contribution is 6.33. The average molecular weight is 306 g/mol. The van der Waals surface area contributed by atoms with Crippen molar-refractivity contribution in [1.29, 1.82) is 0 Å². The minimum atomic E-state index is 0.0208. The van der Waals surface area contributed by atoms with Gasteiger partial charge in [0.05, 0.1) is 17.8 Å². The monoisotopic (exact) mass is 305 g/mol. The van der Waals surface area contributed by atoms with E-state index in [0.29, 0.717) is 10.6 Å². The minimum Gasteiger partial charge on any atom is -0.497 e. The average Bonchev–Trinajstić information content (AvgIpc) is 2.53. The summed E-state index contributed by atoms with van der Waals surface area (Å²) in [6, 6.07) is 12.9. The summed E-state index contributed by atoms with van der Waals surface area (Å²) in [5.74, 6) is 0.788. The number of oxime groups is 1. The number of anilines is 2. The zero-order valence-corrected chi connectivity index (χ0v) is 12.5. The number of ether oxygens (including phenoxy) is 1. The molecule has 0 atom stereocenters. The third-order valence-electron chi connectivity index (χ3n) is 3.15. The van der Waals surface area contributed by atoms with Crippen molar-refractivity contribution in [2.75, 3.05) is 19.1 Å². The lowest BCUT2D eigenvalue weighted by Crippen LogP contribution is -2.14. The Morgan fingerprint density at radius 2 is 2.05 bits per heavy atom. The summed E-state index contributed by atoms with van der Waals surface area (Å²) < 4.78 is 5.22. The van der Waals surface area contributed by atoms with Gasteiger partial charge in [0.2, 0.25) is 0 Å². The number of halogens is 1. The molecule has 0 radical (unpaired) electrons. The Bertz CT molecular complexity index is 674. The normalized spacial score (nSPS) is 11.3. The fourth-order valence-electron chi connectivity index (χ4n) is 1.95. The highest BCUT2D eigenvalue weighted by Gasteiger charge is 2.11. The van der Waals surface area contributed by atoms with Crippen molar-refractivity contribution >= 4 is 28.8 Å². The van der Waals surface area contributed by atoms with Crippen LogP contribution in [-0.4, -0.2) is 25.2 Å². The molecule has 0 saturated heterocycles. The van der Waals surface area contributed by atoms with Gasteiger partial charge in [-0.05, 0) is 30.3 Å². The smallest absolute Gasteiger partial charge is 0.170 e. The molecule has 0 unspecified atom stereocenters. The summed E-state index contributed by atoms with van der Waals surface area (Å²) >= 11 is 6.28. The minimum absolute atomic E-state index is 0.0208. The molecule has 0 aromatic heterocycles. The number of benzene rings is 2. The predicted octanol–water partition coefficient (Wildman–Crippen LogP) is 3.21. The molecule has 110 valence electrons. The molecule has 6 heteroatoms. The van der Waals surface area contributed by atoms with Gasteiger partial charge in [-0.2, -0.15) is 0 Å². The van der Waals surface area contributed by atoms with Crippen LogP contribution in [0.25, 0.3) is 0 Å². The highest BCUT2D eigenvalue weighted by atomic mass is 35.5. The molecule has 0 bridgehead atoms. The van der Waals surface area contributed by atoms with E-state index in [1.807, 2.05) is 42.3 Å². The van der Waals surface area contributed by atoms with Crippen molar-refractivity contribution in [3.8, 4) is 5.75 Å². The summed E-state index contributed by atoms with van der Waals surface area (Å²) in [5.41, 5.74) is 7.85. The maximum absolute atomic E-state index is 8.69. The van der Waals surface area contributed by atoms with Gasteiger partial charge in [0, 0.05) is 24.4 Å². The van der Waals surface area contributed by atoms with Crippen LogP contribution in [0.3, 0.4) is 0 Å². The van der Waals surface area contributed by atoms with Gasteiger partial charge >= 0.3 is 0 Å². The zero-order chi connectivity index (χ0) is 15.4. The van der Waals surface area contributed by atoms with Crippen LogP contribution >= 0.6 is 11.6 Å². The largest absolute Gasteiger partial charge is 0.497 e. The third-order valence-corrected chi connectivity index (χ3v) is 3.46. The van der Waals surface area contributed by atoms with Crippen LogP contribution in [0.4, 0.5) is 11.4 Å². The third kappa shape index (κ3) is 3.20. The second-order valence-electron chi connectivity index (χ2n) is 4.41. The van der Waals surface area contributed by atoms with Gasteiger partial charge < -0.3 is 20.6 Å². The Morgan fingerprint density at radius 1 is 1.29 bits per heavy atom. The maximum atomic E-state index is 8.69. The van der Waals surface area contributed by atoms with E-state index in [2.05, 4.69) is 5.16 Å². The zero-order valence-electron chi connectivity index (χ0n) is 11.7. The second-order valence-corrected chi connectivity index (χ2v) is 4.82.